The van der Waals surface area contributed by atoms with Gasteiger partial charge in [-0.15, -0.1) is 0 Å². The normalized spacial score (nSPS) is 10.2. The first kappa shape index (κ1) is 11.7. The molecule has 0 aliphatic rings. The van der Waals surface area contributed by atoms with E-state index in [4.69, 9.17) is 16.9 Å². The summed E-state index contributed by atoms with van der Waals surface area (Å²) in [6, 6.07) is 9.29. The zero-order chi connectivity index (χ0) is 12.4. The molecule has 86 valence electrons. The van der Waals surface area contributed by atoms with Crippen molar-refractivity contribution in [3.8, 4) is 11.8 Å². The lowest BCUT2D eigenvalue weighted by Crippen LogP contribution is -1.96. The summed E-state index contributed by atoms with van der Waals surface area (Å²) in [6.45, 7) is 4.00. The van der Waals surface area contributed by atoms with E-state index in [1.165, 1.54) is 0 Å². The van der Waals surface area contributed by atoms with Gasteiger partial charge in [0.2, 0.25) is 0 Å². The van der Waals surface area contributed by atoms with E-state index in [-0.39, 0.29) is 0 Å². The molecule has 0 saturated carbocycles. The summed E-state index contributed by atoms with van der Waals surface area (Å²) < 4.78 is 1.71. The second-order valence-corrected chi connectivity index (χ2v) is 4.14. The minimum Gasteiger partial charge on any atom is -0.222 e. The molecule has 4 heteroatoms. The fourth-order valence-corrected chi connectivity index (χ4v) is 2.19. The molecular weight excluding hydrogens is 234 g/mol. The third kappa shape index (κ3) is 2.04. The number of hydrogen-bond acceptors (Lipinski definition) is 2. The molecule has 0 atom stereocenters. The van der Waals surface area contributed by atoms with Gasteiger partial charge in [0.05, 0.1) is 23.0 Å². The average molecular weight is 246 g/mol. The SMILES string of the molecule is CCc1c(C)nn(-c2ccc(C#N)cc2)c1Cl. The van der Waals surface area contributed by atoms with Crippen LogP contribution in [0.2, 0.25) is 5.15 Å². The molecule has 0 bridgehead atoms. The van der Waals surface area contributed by atoms with Crippen LogP contribution >= 0.6 is 11.6 Å². The highest BCUT2D eigenvalue weighted by molar-refractivity contribution is 6.30. The molecule has 17 heavy (non-hydrogen) atoms. The van der Waals surface area contributed by atoms with Gasteiger partial charge in [-0.25, -0.2) is 4.68 Å². The van der Waals surface area contributed by atoms with E-state index in [1.807, 2.05) is 19.1 Å². The highest BCUT2D eigenvalue weighted by Crippen LogP contribution is 2.23. The maximum atomic E-state index is 8.74. The van der Waals surface area contributed by atoms with Gasteiger partial charge in [-0.05, 0) is 37.6 Å². The first-order valence-electron chi connectivity index (χ1n) is 5.42. The highest BCUT2D eigenvalue weighted by Gasteiger charge is 2.12. The summed E-state index contributed by atoms with van der Waals surface area (Å²) in [4.78, 5) is 0. The summed E-state index contributed by atoms with van der Waals surface area (Å²) in [7, 11) is 0. The van der Waals surface area contributed by atoms with Crippen molar-refractivity contribution in [3.63, 3.8) is 0 Å². The fraction of sp³-hybridized carbons (Fsp3) is 0.231. The van der Waals surface area contributed by atoms with E-state index < -0.39 is 0 Å². The Kier molecular flexibility index (Phi) is 3.16. The Morgan fingerprint density at radius 1 is 1.35 bits per heavy atom. The second-order valence-electron chi connectivity index (χ2n) is 3.78. The molecule has 1 heterocycles. The summed E-state index contributed by atoms with van der Waals surface area (Å²) in [5, 5.41) is 13.8. The van der Waals surface area contributed by atoms with Crippen LogP contribution in [0.25, 0.3) is 5.69 Å². The van der Waals surface area contributed by atoms with Crippen LogP contribution in [0.15, 0.2) is 24.3 Å². The molecule has 0 saturated heterocycles. The number of nitriles is 1. The quantitative estimate of drug-likeness (QED) is 0.815. The van der Waals surface area contributed by atoms with Crippen molar-refractivity contribution in [3.05, 3.63) is 46.2 Å². The van der Waals surface area contributed by atoms with Crippen LogP contribution in [0.3, 0.4) is 0 Å². The van der Waals surface area contributed by atoms with Crippen LogP contribution in [-0.4, -0.2) is 9.78 Å². The third-order valence-electron chi connectivity index (χ3n) is 2.72. The topological polar surface area (TPSA) is 41.6 Å². The molecule has 0 amide bonds. The molecule has 1 aromatic heterocycles. The molecule has 1 aromatic carbocycles. The maximum absolute atomic E-state index is 8.74. The van der Waals surface area contributed by atoms with E-state index in [1.54, 1.807) is 16.8 Å². The van der Waals surface area contributed by atoms with E-state index in [9.17, 15) is 0 Å². The lowest BCUT2D eigenvalue weighted by atomic mass is 10.2. The van der Waals surface area contributed by atoms with Crippen LogP contribution in [0.5, 0.6) is 0 Å². The third-order valence-corrected chi connectivity index (χ3v) is 3.10. The maximum Gasteiger partial charge on any atom is 0.136 e. The molecule has 0 N–H and O–H groups in total. The minimum absolute atomic E-state index is 0.629. The van der Waals surface area contributed by atoms with E-state index >= 15 is 0 Å². The summed E-state index contributed by atoms with van der Waals surface area (Å²) in [5.74, 6) is 0. The standard InChI is InChI=1S/C13H12ClN3/c1-3-12-9(2)16-17(13(12)14)11-6-4-10(8-15)5-7-11/h4-7H,3H2,1-2H3. The van der Waals surface area contributed by atoms with Crippen molar-refractivity contribution in [2.24, 2.45) is 0 Å². The number of halogens is 1. The summed E-state index contributed by atoms with van der Waals surface area (Å²) in [5.41, 5.74) is 3.51. The molecule has 0 aliphatic heterocycles. The minimum atomic E-state index is 0.629. The summed E-state index contributed by atoms with van der Waals surface area (Å²) in [6.07, 6.45) is 0.862. The second kappa shape index (κ2) is 4.60. The number of aryl methyl sites for hydroxylation is 1. The van der Waals surface area contributed by atoms with Crippen LogP contribution in [0, 0.1) is 18.3 Å². The number of nitrogens with zero attached hydrogens (tertiary/aromatic N) is 3. The lowest BCUT2D eigenvalue weighted by Gasteiger charge is -2.03. The van der Waals surface area contributed by atoms with Crippen molar-refractivity contribution in [1.29, 1.82) is 5.26 Å². The molecule has 0 fully saturated rings. The zero-order valence-electron chi connectivity index (χ0n) is 9.74. The molecular formula is C13H12ClN3. The van der Waals surface area contributed by atoms with Gasteiger partial charge in [0, 0.05) is 5.56 Å². The van der Waals surface area contributed by atoms with E-state index in [0.717, 1.165) is 23.4 Å². The smallest absolute Gasteiger partial charge is 0.136 e. The van der Waals surface area contributed by atoms with Crippen LogP contribution < -0.4 is 0 Å². The Morgan fingerprint density at radius 3 is 2.47 bits per heavy atom. The van der Waals surface area contributed by atoms with Gasteiger partial charge in [-0.2, -0.15) is 10.4 Å². The first-order valence-corrected chi connectivity index (χ1v) is 5.79. The Hall–Kier alpha value is -1.79. The Labute approximate surface area is 105 Å². The van der Waals surface area contributed by atoms with E-state index in [2.05, 4.69) is 18.1 Å². The van der Waals surface area contributed by atoms with Crippen LogP contribution in [0.4, 0.5) is 0 Å². The van der Waals surface area contributed by atoms with Gasteiger partial charge in [-0.3, -0.25) is 0 Å². The Bertz CT molecular complexity index is 576. The fourth-order valence-electron chi connectivity index (χ4n) is 1.78. The lowest BCUT2D eigenvalue weighted by molar-refractivity contribution is 0.863. The first-order chi connectivity index (χ1) is 8.17. The molecule has 2 rings (SSSR count). The number of benzene rings is 1. The molecule has 0 spiro atoms. The van der Waals surface area contributed by atoms with Gasteiger partial charge in [-0.1, -0.05) is 18.5 Å². The van der Waals surface area contributed by atoms with Gasteiger partial charge >= 0.3 is 0 Å². The number of rotatable bonds is 2. The Morgan fingerprint density at radius 2 is 2.00 bits per heavy atom. The Balaban J connectivity index is 2.50. The van der Waals surface area contributed by atoms with Crippen molar-refractivity contribution >= 4 is 11.6 Å². The highest BCUT2D eigenvalue weighted by atomic mass is 35.5. The molecule has 0 radical (unpaired) electrons. The molecule has 3 nitrogen and oxygen atoms in total. The van der Waals surface area contributed by atoms with Crippen molar-refractivity contribution in [2.75, 3.05) is 0 Å². The van der Waals surface area contributed by atoms with Crippen molar-refractivity contribution in [2.45, 2.75) is 20.3 Å². The van der Waals surface area contributed by atoms with E-state index in [0.29, 0.717) is 10.7 Å². The van der Waals surface area contributed by atoms with Gasteiger partial charge in [0.15, 0.2) is 0 Å². The largest absolute Gasteiger partial charge is 0.222 e. The molecule has 2 aromatic rings. The number of aromatic nitrogens is 2. The average Bonchev–Trinajstić information content (AvgIpc) is 2.64. The van der Waals surface area contributed by atoms with Crippen LogP contribution in [-0.2, 0) is 6.42 Å². The zero-order valence-corrected chi connectivity index (χ0v) is 10.5. The van der Waals surface area contributed by atoms with Gasteiger partial charge in [0.1, 0.15) is 5.15 Å². The van der Waals surface area contributed by atoms with Crippen molar-refractivity contribution in [1.82, 2.24) is 9.78 Å². The monoisotopic (exact) mass is 245 g/mol. The predicted molar refractivity (Wildman–Crippen MR) is 67.4 cm³/mol. The molecule has 0 unspecified atom stereocenters. The predicted octanol–water partition coefficient (Wildman–Crippen LogP) is 3.27. The number of hydrogen-bond donors (Lipinski definition) is 0. The van der Waals surface area contributed by atoms with Gasteiger partial charge < -0.3 is 0 Å². The summed E-state index contributed by atoms with van der Waals surface area (Å²) >= 11 is 6.27. The van der Waals surface area contributed by atoms with Crippen LogP contribution in [0.1, 0.15) is 23.7 Å². The van der Waals surface area contributed by atoms with Gasteiger partial charge in [0.25, 0.3) is 0 Å². The van der Waals surface area contributed by atoms with Crippen molar-refractivity contribution < 1.29 is 0 Å². The molecule has 0 aliphatic carbocycles.